The Morgan fingerprint density at radius 1 is 1.33 bits per heavy atom. The average molecular weight is 546 g/mol. The van der Waals surface area contributed by atoms with Gasteiger partial charge in [-0.1, -0.05) is 15.9 Å². The van der Waals surface area contributed by atoms with Crippen molar-refractivity contribution >= 4 is 29.6 Å². The smallest absolute Gasteiger partial charge is 0.459 e. The summed E-state index contributed by atoms with van der Waals surface area (Å²) < 4.78 is 37.3. The molecule has 1 aliphatic rings. The minimum atomic E-state index is -4.01. The molecule has 1 unspecified atom stereocenters. The van der Waals surface area contributed by atoms with Gasteiger partial charge in [-0.05, 0) is 51.0 Å². The van der Waals surface area contributed by atoms with Crippen LogP contribution in [0.25, 0.3) is 0 Å². The van der Waals surface area contributed by atoms with Crippen molar-refractivity contribution in [2.45, 2.75) is 45.1 Å². The fourth-order valence-electron chi connectivity index (χ4n) is 3.19. The van der Waals surface area contributed by atoms with E-state index in [0.29, 0.717) is 18.4 Å². The van der Waals surface area contributed by atoms with Gasteiger partial charge >= 0.3 is 19.4 Å². The van der Waals surface area contributed by atoms with Gasteiger partial charge in [-0.2, -0.15) is 5.09 Å². The van der Waals surface area contributed by atoms with Crippen LogP contribution in [0.3, 0.4) is 0 Å². The molecule has 1 saturated heterocycles. The van der Waals surface area contributed by atoms with E-state index in [0.717, 1.165) is 4.47 Å². The summed E-state index contributed by atoms with van der Waals surface area (Å²) in [7, 11) is -2.79. The van der Waals surface area contributed by atoms with Crippen LogP contribution in [-0.4, -0.2) is 41.4 Å². The van der Waals surface area contributed by atoms with Crippen LogP contribution < -0.4 is 20.9 Å². The number of ether oxygens (including phenoxy) is 2. The molecule has 2 heterocycles. The van der Waals surface area contributed by atoms with E-state index in [1.807, 2.05) is 0 Å². The number of rotatable bonds is 9. The maximum absolute atomic E-state index is 13.4. The number of hydrogen-bond donors (Lipinski definition) is 2. The SMILES string of the molecule is COC(=O)[C@H](C)NP(=O)(OC[C@@H]1CC[C@H](n2cc(C)c(=O)[nH]c2=O)O1)Oc1ccc(Br)cc1. The molecule has 2 aromatic rings. The van der Waals surface area contributed by atoms with E-state index in [-0.39, 0.29) is 12.4 Å². The number of aryl methyl sites for hydroxylation is 1. The summed E-state index contributed by atoms with van der Waals surface area (Å²) in [5, 5.41) is 2.57. The molecule has 2 N–H and O–H groups in total. The van der Waals surface area contributed by atoms with Crippen molar-refractivity contribution in [3.8, 4) is 5.75 Å². The number of hydrogen-bond acceptors (Lipinski definition) is 8. The molecule has 0 spiro atoms. The number of aromatic nitrogens is 2. The van der Waals surface area contributed by atoms with Gasteiger partial charge < -0.3 is 14.0 Å². The Balaban J connectivity index is 1.70. The normalized spacial score (nSPS) is 20.7. The summed E-state index contributed by atoms with van der Waals surface area (Å²) in [5.74, 6) is -0.366. The molecule has 1 fully saturated rings. The molecule has 0 radical (unpaired) electrons. The van der Waals surface area contributed by atoms with Crippen LogP contribution >= 0.6 is 23.7 Å². The highest BCUT2D eigenvalue weighted by atomic mass is 79.9. The lowest BCUT2D eigenvalue weighted by molar-refractivity contribution is -0.142. The second kappa shape index (κ2) is 10.8. The number of halogens is 1. The zero-order valence-corrected chi connectivity index (χ0v) is 20.8. The Morgan fingerprint density at radius 3 is 2.70 bits per heavy atom. The lowest BCUT2D eigenvalue weighted by atomic mass is 10.2. The Bertz CT molecular complexity index is 1150. The van der Waals surface area contributed by atoms with Crippen LogP contribution in [0.1, 0.15) is 31.6 Å². The lowest BCUT2D eigenvalue weighted by Gasteiger charge is -2.24. The molecule has 33 heavy (non-hydrogen) atoms. The quantitative estimate of drug-likeness (QED) is 0.359. The maximum atomic E-state index is 13.4. The summed E-state index contributed by atoms with van der Waals surface area (Å²) >= 11 is 3.31. The van der Waals surface area contributed by atoms with E-state index < -0.39 is 43.3 Å². The molecule has 0 amide bonds. The minimum absolute atomic E-state index is 0.123. The van der Waals surface area contributed by atoms with Crippen LogP contribution in [0.4, 0.5) is 0 Å². The summed E-state index contributed by atoms with van der Waals surface area (Å²) in [4.78, 5) is 37.8. The lowest BCUT2D eigenvalue weighted by Crippen LogP contribution is -2.35. The third-order valence-corrected chi connectivity index (χ3v) is 7.09. The number of esters is 1. The summed E-state index contributed by atoms with van der Waals surface area (Å²) in [5.41, 5.74) is -0.646. The highest BCUT2D eigenvalue weighted by Crippen LogP contribution is 2.46. The molecule has 13 heteroatoms. The maximum Gasteiger partial charge on any atom is 0.459 e. The third kappa shape index (κ3) is 6.64. The van der Waals surface area contributed by atoms with Crippen molar-refractivity contribution in [3.05, 3.63) is 61.3 Å². The van der Waals surface area contributed by atoms with E-state index in [2.05, 4.69) is 30.7 Å². The van der Waals surface area contributed by atoms with Crippen molar-refractivity contribution in [2.75, 3.05) is 13.7 Å². The van der Waals surface area contributed by atoms with E-state index in [9.17, 15) is 18.9 Å². The molecular formula is C20H25BrN3O8P. The fraction of sp³-hybridized carbons (Fsp3) is 0.450. The van der Waals surface area contributed by atoms with Gasteiger partial charge in [0.1, 0.15) is 18.0 Å². The minimum Gasteiger partial charge on any atom is -0.468 e. The molecule has 0 aliphatic carbocycles. The van der Waals surface area contributed by atoms with Gasteiger partial charge in [-0.25, -0.2) is 9.36 Å². The molecule has 180 valence electrons. The van der Waals surface area contributed by atoms with Crippen molar-refractivity contribution in [1.29, 1.82) is 0 Å². The zero-order valence-electron chi connectivity index (χ0n) is 18.3. The van der Waals surface area contributed by atoms with Gasteiger partial charge in [0.2, 0.25) is 0 Å². The van der Waals surface area contributed by atoms with Crippen molar-refractivity contribution in [3.63, 3.8) is 0 Å². The molecule has 0 bridgehead atoms. The van der Waals surface area contributed by atoms with E-state index in [4.69, 9.17) is 13.8 Å². The summed E-state index contributed by atoms with van der Waals surface area (Å²) in [6.07, 6.45) is 1.35. The van der Waals surface area contributed by atoms with E-state index in [1.165, 1.54) is 24.8 Å². The van der Waals surface area contributed by atoms with Gasteiger partial charge in [0, 0.05) is 16.2 Å². The molecule has 1 aromatic carbocycles. The Morgan fingerprint density at radius 2 is 2.03 bits per heavy atom. The molecular weight excluding hydrogens is 521 g/mol. The van der Waals surface area contributed by atoms with Gasteiger partial charge in [0.15, 0.2) is 0 Å². The van der Waals surface area contributed by atoms with Crippen LogP contribution in [0.5, 0.6) is 5.75 Å². The topological polar surface area (TPSA) is 138 Å². The Labute approximate surface area is 198 Å². The zero-order chi connectivity index (χ0) is 24.2. The van der Waals surface area contributed by atoms with E-state index in [1.54, 1.807) is 31.2 Å². The number of methoxy groups -OCH3 is 1. The average Bonchev–Trinajstić information content (AvgIpc) is 3.25. The number of carbonyl (C=O) groups is 1. The van der Waals surface area contributed by atoms with Crippen LogP contribution in [-0.2, 0) is 23.4 Å². The first-order valence-electron chi connectivity index (χ1n) is 10.1. The van der Waals surface area contributed by atoms with Gasteiger partial charge in [-0.3, -0.25) is 23.7 Å². The van der Waals surface area contributed by atoms with Crippen LogP contribution in [0, 0.1) is 6.92 Å². The molecule has 4 atom stereocenters. The number of benzene rings is 1. The first-order chi connectivity index (χ1) is 15.6. The molecule has 3 rings (SSSR count). The standard InChI is InChI=1S/C20H25BrN3O8P/c1-12-10-24(20(27)22-18(12)25)17-9-8-16(31-17)11-30-33(28,23-13(2)19(26)29-3)32-15-6-4-14(21)5-7-15/h4-7,10,13,16-17H,8-9,11H2,1-3H3,(H,23,28)(H,22,25,27)/t13-,16-,17+,33?/m0/s1. The highest BCUT2D eigenvalue weighted by molar-refractivity contribution is 9.10. The monoisotopic (exact) mass is 545 g/mol. The Kier molecular flexibility index (Phi) is 8.30. The first-order valence-corrected chi connectivity index (χ1v) is 12.5. The van der Waals surface area contributed by atoms with Crippen LogP contribution in [0.2, 0.25) is 0 Å². The highest BCUT2D eigenvalue weighted by Gasteiger charge is 2.35. The molecule has 1 aliphatic heterocycles. The van der Waals surface area contributed by atoms with Crippen molar-refractivity contribution < 1.29 is 27.9 Å². The summed E-state index contributed by atoms with van der Waals surface area (Å²) in [6.45, 7) is 2.94. The first kappa shape index (κ1) is 25.4. The largest absolute Gasteiger partial charge is 0.468 e. The second-order valence-electron chi connectivity index (χ2n) is 7.48. The van der Waals surface area contributed by atoms with Crippen molar-refractivity contribution in [1.82, 2.24) is 14.6 Å². The number of aromatic amines is 1. The number of nitrogens with one attached hydrogen (secondary N) is 2. The molecule has 1 aromatic heterocycles. The number of nitrogens with zero attached hydrogens (tertiary/aromatic N) is 1. The number of H-pyrrole nitrogens is 1. The number of carbonyl (C=O) groups excluding carboxylic acids is 1. The predicted molar refractivity (Wildman–Crippen MR) is 122 cm³/mol. The van der Waals surface area contributed by atoms with Gasteiger partial charge in [0.05, 0.1) is 19.8 Å². The Hall–Kier alpha value is -2.24. The third-order valence-electron chi connectivity index (χ3n) is 4.92. The molecule has 11 nitrogen and oxygen atoms in total. The van der Waals surface area contributed by atoms with Gasteiger partial charge in [0.25, 0.3) is 5.56 Å². The molecule has 0 saturated carbocycles. The summed E-state index contributed by atoms with van der Waals surface area (Å²) in [6, 6.07) is 5.64. The predicted octanol–water partition coefficient (Wildman–Crippen LogP) is 2.64. The fourth-order valence-corrected chi connectivity index (χ4v) is 4.97. The van der Waals surface area contributed by atoms with Crippen LogP contribution in [0.15, 0.2) is 44.5 Å². The van der Waals surface area contributed by atoms with Gasteiger partial charge in [-0.15, -0.1) is 0 Å². The van der Waals surface area contributed by atoms with E-state index >= 15 is 0 Å². The second-order valence-corrected chi connectivity index (χ2v) is 10.1. The van der Waals surface area contributed by atoms with Crippen molar-refractivity contribution in [2.24, 2.45) is 0 Å².